The first kappa shape index (κ1) is 23.6. The Kier molecular flexibility index (Phi) is 9.33. The van der Waals surface area contributed by atoms with E-state index in [9.17, 15) is 0 Å². The van der Waals surface area contributed by atoms with Crippen LogP contribution in [0.2, 0.25) is 0 Å². The van der Waals surface area contributed by atoms with Gasteiger partial charge in [0.2, 0.25) is 0 Å². The van der Waals surface area contributed by atoms with Crippen molar-refractivity contribution >= 4 is 38.8 Å². The standard InChI is InChI=1S/C17H24BrN5.C5H11N/c1-4-12(3)14-11-20-17-15(21-14)16(13(18)10-19-17)23-8-6-22(5-2)7-9-23;1-4-5-6(2)3/h4,10H,5-9,11H2,1-3H3,(H,19,20);4H,1,5H2,2-3H3/b12-4+;. The Balaban J connectivity index is 0.000000438. The number of nitrogens with zero attached hydrogens (tertiary/aromatic N) is 5. The van der Waals surface area contributed by atoms with Crippen molar-refractivity contribution in [1.29, 1.82) is 0 Å². The van der Waals surface area contributed by atoms with Crippen LogP contribution < -0.4 is 10.2 Å². The molecule has 2 aliphatic heterocycles. The molecule has 0 bridgehead atoms. The Bertz CT molecular complexity index is 748. The lowest BCUT2D eigenvalue weighted by Gasteiger charge is -2.37. The summed E-state index contributed by atoms with van der Waals surface area (Å²) in [5, 5.41) is 3.41. The molecule has 7 heteroatoms. The molecule has 29 heavy (non-hydrogen) atoms. The van der Waals surface area contributed by atoms with Crippen molar-refractivity contribution in [1.82, 2.24) is 14.8 Å². The molecule has 0 unspecified atom stereocenters. The predicted octanol–water partition coefficient (Wildman–Crippen LogP) is 4.18. The van der Waals surface area contributed by atoms with Gasteiger partial charge in [0, 0.05) is 38.9 Å². The summed E-state index contributed by atoms with van der Waals surface area (Å²) in [7, 11) is 4.03. The highest BCUT2D eigenvalue weighted by molar-refractivity contribution is 9.10. The van der Waals surface area contributed by atoms with Gasteiger partial charge in [-0.1, -0.05) is 19.1 Å². The molecular weight excluding hydrogens is 428 g/mol. The molecule has 160 valence electrons. The summed E-state index contributed by atoms with van der Waals surface area (Å²) in [5.41, 5.74) is 4.43. The molecule has 1 saturated heterocycles. The number of pyridine rings is 1. The quantitative estimate of drug-likeness (QED) is 0.664. The molecule has 0 saturated carbocycles. The van der Waals surface area contributed by atoms with Crippen LogP contribution in [0.1, 0.15) is 20.8 Å². The third kappa shape index (κ3) is 6.39. The van der Waals surface area contributed by atoms with E-state index in [4.69, 9.17) is 4.99 Å². The molecule has 2 aliphatic rings. The van der Waals surface area contributed by atoms with Crippen LogP contribution in [0.15, 0.2) is 40.0 Å². The molecule has 0 amide bonds. The van der Waals surface area contributed by atoms with E-state index in [1.54, 1.807) is 0 Å². The van der Waals surface area contributed by atoms with Crippen molar-refractivity contribution in [3.05, 3.63) is 35.0 Å². The molecule has 0 spiro atoms. The van der Waals surface area contributed by atoms with Crippen molar-refractivity contribution in [2.45, 2.75) is 20.8 Å². The molecular formula is C22H35BrN6. The van der Waals surface area contributed by atoms with E-state index in [1.165, 1.54) is 11.3 Å². The fourth-order valence-electron chi connectivity index (χ4n) is 3.29. The zero-order valence-electron chi connectivity index (χ0n) is 18.5. The number of hydrogen-bond acceptors (Lipinski definition) is 6. The van der Waals surface area contributed by atoms with Gasteiger partial charge < -0.3 is 20.0 Å². The molecule has 3 heterocycles. The van der Waals surface area contributed by atoms with Gasteiger partial charge in [-0.3, -0.25) is 0 Å². The van der Waals surface area contributed by atoms with Crippen LogP contribution in [0, 0.1) is 0 Å². The fourth-order valence-corrected chi connectivity index (χ4v) is 3.83. The maximum atomic E-state index is 4.93. The second kappa shape index (κ2) is 11.5. The average molecular weight is 463 g/mol. The summed E-state index contributed by atoms with van der Waals surface area (Å²) in [4.78, 5) is 16.4. The van der Waals surface area contributed by atoms with E-state index in [0.717, 1.165) is 67.5 Å². The van der Waals surface area contributed by atoms with E-state index >= 15 is 0 Å². The number of aliphatic imine (C=N–C) groups is 1. The molecule has 1 aromatic heterocycles. The van der Waals surface area contributed by atoms with Crippen LogP contribution in [0.5, 0.6) is 0 Å². The summed E-state index contributed by atoms with van der Waals surface area (Å²) in [5.74, 6) is 0.883. The summed E-state index contributed by atoms with van der Waals surface area (Å²) in [6.45, 7) is 17.0. The monoisotopic (exact) mass is 462 g/mol. The highest BCUT2D eigenvalue weighted by atomic mass is 79.9. The Morgan fingerprint density at radius 1 is 1.31 bits per heavy atom. The van der Waals surface area contributed by atoms with Crippen molar-refractivity contribution < 1.29 is 0 Å². The van der Waals surface area contributed by atoms with Crippen LogP contribution in [-0.2, 0) is 0 Å². The first-order chi connectivity index (χ1) is 13.9. The largest absolute Gasteiger partial charge is 0.366 e. The molecule has 3 rings (SSSR count). The second-order valence-electron chi connectivity index (χ2n) is 7.51. The van der Waals surface area contributed by atoms with Gasteiger partial charge in [-0.25, -0.2) is 9.98 Å². The predicted molar refractivity (Wildman–Crippen MR) is 130 cm³/mol. The van der Waals surface area contributed by atoms with E-state index in [2.05, 4.69) is 74.4 Å². The lowest BCUT2D eigenvalue weighted by molar-refractivity contribution is 0.271. The van der Waals surface area contributed by atoms with Gasteiger partial charge in [0.05, 0.1) is 22.4 Å². The lowest BCUT2D eigenvalue weighted by Crippen LogP contribution is -2.46. The maximum Gasteiger partial charge on any atom is 0.154 e. The van der Waals surface area contributed by atoms with Gasteiger partial charge in [-0.2, -0.15) is 0 Å². The maximum absolute atomic E-state index is 4.93. The summed E-state index contributed by atoms with van der Waals surface area (Å²) >= 11 is 3.69. The van der Waals surface area contributed by atoms with E-state index in [0.29, 0.717) is 0 Å². The van der Waals surface area contributed by atoms with Crippen LogP contribution in [-0.4, -0.2) is 80.4 Å². The number of likely N-dealkylation sites (N-methyl/N-ethyl adjacent to an activating group) is 2. The minimum Gasteiger partial charge on any atom is -0.366 e. The molecule has 0 atom stereocenters. The average Bonchev–Trinajstić information content (AvgIpc) is 2.73. The van der Waals surface area contributed by atoms with Crippen molar-refractivity contribution in [2.24, 2.45) is 4.99 Å². The summed E-state index contributed by atoms with van der Waals surface area (Å²) in [6.07, 6.45) is 5.87. The van der Waals surface area contributed by atoms with Gasteiger partial charge >= 0.3 is 0 Å². The normalized spacial score (nSPS) is 17.1. The molecule has 6 nitrogen and oxygen atoms in total. The summed E-state index contributed by atoms with van der Waals surface area (Å²) < 4.78 is 1.02. The molecule has 1 fully saturated rings. The van der Waals surface area contributed by atoms with Crippen molar-refractivity contribution in [2.75, 3.05) is 70.1 Å². The van der Waals surface area contributed by atoms with Crippen LogP contribution in [0.4, 0.5) is 17.2 Å². The third-order valence-corrected chi connectivity index (χ3v) is 5.75. The number of nitrogens with one attached hydrogen (secondary N) is 1. The van der Waals surface area contributed by atoms with Crippen molar-refractivity contribution in [3.8, 4) is 0 Å². The van der Waals surface area contributed by atoms with Crippen molar-refractivity contribution in [3.63, 3.8) is 0 Å². The Morgan fingerprint density at radius 2 is 2.00 bits per heavy atom. The number of hydrogen-bond donors (Lipinski definition) is 1. The number of allylic oxidation sites excluding steroid dienone is 1. The number of halogens is 1. The Morgan fingerprint density at radius 3 is 2.52 bits per heavy atom. The zero-order valence-corrected chi connectivity index (χ0v) is 20.1. The van der Waals surface area contributed by atoms with E-state index in [1.807, 2.05) is 26.4 Å². The minimum absolute atomic E-state index is 0.737. The van der Waals surface area contributed by atoms with E-state index < -0.39 is 0 Å². The van der Waals surface area contributed by atoms with Gasteiger partial charge in [-0.05, 0) is 56.0 Å². The fraction of sp³-hybridized carbons (Fsp3) is 0.545. The van der Waals surface area contributed by atoms with Crippen LogP contribution in [0.25, 0.3) is 0 Å². The molecule has 1 aromatic rings. The number of anilines is 2. The van der Waals surface area contributed by atoms with Gasteiger partial charge in [0.15, 0.2) is 5.82 Å². The summed E-state index contributed by atoms with van der Waals surface area (Å²) in [6, 6.07) is 0. The number of aromatic nitrogens is 1. The minimum atomic E-state index is 0.737. The molecule has 0 radical (unpaired) electrons. The van der Waals surface area contributed by atoms with Gasteiger partial charge in [0.1, 0.15) is 5.69 Å². The molecule has 1 N–H and O–H groups in total. The van der Waals surface area contributed by atoms with E-state index in [-0.39, 0.29) is 0 Å². The smallest absolute Gasteiger partial charge is 0.154 e. The van der Waals surface area contributed by atoms with Gasteiger partial charge in [0.25, 0.3) is 0 Å². The molecule has 0 aromatic carbocycles. The van der Waals surface area contributed by atoms with Crippen LogP contribution >= 0.6 is 15.9 Å². The lowest BCUT2D eigenvalue weighted by atomic mass is 10.1. The Labute approximate surface area is 184 Å². The second-order valence-corrected chi connectivity index (χ2v) is 8.36. The number of rotatable bonds is 5. The highest BCUT2D eigenvalue weighted by Crippen LogP contribution is 2.42. The first-order valence-corrected chi connectivity index (χ1v) is 11.1. The topological polar surface area (TPSA) is 47.0 Å². The molecule has 0 aliphatic carbocycles. The third-order valence-electron chi connectivity index (χ3n) is 5.17. The van der Waals surface area contributed by atoms with Crippen LogP contribution in [0.3, 0.4) is 0 Å². The SMILES string of the molecule is C/C=C(\C)C1=Nc2c(ncc(Br)c2N2CCN(CC)CC2)NC1.C=CCN(C)C. The zero-order chi connectivity index (χ0) is 21.4. The highest BCUT2D eigenvalue weighted by Gasteiger charge is 2.25. The Hall–Kier alpha value is -1.70. The number of piperazine rings is 1. The number of fused-ring (bicyclic) bond motifs is 1. The first-order valence-electron chi connectivity index (χ1n) is 10.3. The van der Waals surface area contributed by atoms with Gasteiger partial charge in [-0.15, -0.1) is 6.58 Å².